The van der Waals surface area contributed by atoms with Gasteiger partial charge in [-0.3, -0.25) is 19.6 Å². The van der Waals surface area contributed by atoms with Gasteiger partial charge in [0, 0.05) is 18.9 Å². The van der Waals surface area contributed by atoms with E-state index in [1.165, 1.54) is 13.1 Å². The van der Waals surface area contributed by atoms with Crippen LogP contribution in [0.25, 0.3) is 11.0 Å². The van der Waals surface area contributed by atoms with E-state index < -0.39 is 11.9 Å². The fourth-order valence-electron chi connectivity index (χ4n) is 1.60. The number of amides is 1. The van der Waals surface area contributed by atoms with Crippen LogP contribution >= 0.6 is 0 Å². The minimum Gasteiger partial charge on any atom is -0.481 e. The zero-order valence-corrected chi connectivity index (χ0v) is 10.3. The molecule has 1 aromatic carbocycles. The van der Waals surface area contributed by atoms with Crippen molar-refractivity contribution in [1.82, 2.24) is 15.3 Å². The van der Waals surface area contributed by atoms with E-state index in [4.69, 9.17) is 5.11 Å². The minimum absolute atomic E-state index is 0.0742. The van der Waals surface area contributed by atoms with Crippen molar-refractivity contribution in [1.29, 1.82) is 0 Å². The van der Waals surface area contributed by atoms with E-state index in [-0.39, 0.29) is 12.5 Å². The Kier molecular flexibility index (Phi) is 3.70. The second-order valence-corrected chi connectivity index (χ2v) is 4.18. The average molecular weight is 259 g/mol. The number of nitrogens with zero attached hydrogens (tertiary/aromatic N) is 2. The monoisotopic (exact) mass is 259 g/mol. The molecule has 19 heavy (non-hydrogen) atoms. The molecule has 1 atom stereocenters. The van der Waals surface area contributed by atoms with Gasteiger partial charge in [-0.2, -0.15) is 0 Å². The SMILES string of the molecule is CC(CNC(=O)c1cccc2nccnc12)C(=O)O. The van der Waals surface area contributed by atoms with Crippen LogP contribution in [0.3, 0.4) is 0 Å². The first-order valence-electron chi connectivity index (χ1n) is 5.80. The Morgan fingerprint density at radius 1 is 1.32 bits per heavy atom. The standard InChI is InChI=1S/C13H13N3O3/c1-8(13(18)19)7-16-12(17)9-3-2-4-10-11(9)15-6-5-14-10/h2-6,8H,7H2,1H3,(H,16,17)(H,18,19). The molecule has 0 fully saturated rings. The number of carboxylic acid groups (broad SMARTS) is 1. The second kappa shape index (κ2) is 5.43. The van der Waals surface area contributed by atoms with Gasteiger partial charge >= 0.3 is 5.97 Å². The molecule has 0 bridgehead atoms. The summed E-state index contributed by atoms with van der Waals surface area (Å²) in [6.07, 6.45) is 3.06. The molecule has 0 saturated carbocycles. The van der Waals surface area contributed by atoms with Crippen LogP contribution in [0.15, 0.2) is 30.6 Å². The van der Waals surface area contributed by atoms with Gasteiger partial charge in [-0.15, -0.1) is 0 Å². The Bertz CT molecular complexity index is 622. The Morgan fingerprint density at radius 3 is 2.79 bits per heavy atom. The largest absolute Gasteiger partial charge is 0.481 e. The fourth-order valence-corrected chi connectivity index (χ4v) is 1.60. The van der Waals surface area contributed by atoms with Crippen LogP contribution in [0.4, 0.5) is 0 Å². The number of para-hydroxylation sites is 1. The van der Waals surface area contributed by atoms with Crippen LogP contribution < -0.4 is 5.32 Å². The highest BCUT2D eigenvalue weighted by Gasteiger charge is 2.15. The van der Waals surface area contributed by atoms with Gasteiger partial charge in [-0.25, -0.2) is 0 Å². The molecule has 0 spiro atoms. The summed E-state index contributed by atoms with van der Waals surface area (Å²) in [7, 11) is 0. The minimum atomic E-state index is -0.946. The summed E-state index contributed by atoms with van der Waals surface area (Å²) < 4.78 is 0. The normalized spacial score (nSPS) is 12.1. The maximum absolute atomic E-state index is 12.0. The number of carbonyl (C=O) groups is 2. The Hall–Kier alpha value is -2.50. The van der Waals surface area contributed by atoms with E-state index >= 15 is 0 Å². The highest BCUT2D eigenvalue weighted by Crippen LogP contribution is 2.13. The molecule has 1 heterocycles. The highest BCUT2D eigenvalue weighted by molar-refractivity contribution is 6.04. The van der Waals surface area contributed by atoms with Gasteiger partial charge < -0.3 is 10.4 Å². The Balaban J connectivity index is 2.20. The summed E-state index contributed by atoms with van der Waals surface area (Å²) >= 11 is 0. The van der Waals surface area contributed by atoms with Gasteiger partial charge in [-0.1, -0.05) is 13.0 Å². The maximum atomic E-state index is 12.0. The van der Waals surface area contributed by atoms with Crippen molar-refractivity contribution in [2.24, 2.45) is 5.92 Å². The molecule has 98 valence electrons. The lowest BCUT2D eigenvalue weighted by molar-refractivity contribution is -0.140. The molecular weight excluding hydrogens is 246 g/mol. The molecule has 6 nitrogen and oxygen atoms in total. The molecule has 1 unspecified atom stereocenters. The van der Waals surface area contributed by atoms with Crippen LogP contribution in [-0.2, 0) is 4.79 Å². The van der Waals surface area contributed by atoms with Gasteiger partial charge in [0.1, 0.15) is 5.52 Å². The zero-order valence-electron chi connectivity index (χ0n) is 10.3. The van der Waals surface area contributed by atoms with Crippen LogP contribution in [-0.4, -0.2) is 33.5 Å². The number of aliphatic carboxylic acids is 1. The van der Waals surface area contributed by atoms with Gasteiger partial charge in [0.05, 0.1) is 17.0 Å². The first kappa shape index (κ1) is 12.9. The molecular formula is C13H13N3O3. The van der Waals surface area contributed by atoms with Gasteiger partial charge in [-0.05, 0) is 12.1 Å². The summed E-state index contributed by atoms with van der Waals surface area (Å²) in [5, 5.41) is 11.3. The van der Waals surface area contributed by atoms with Crippen molar-refractivity contribution in [3.05, 3.63) is 36.2 Å². The first-order chi connectivity index (χ1) is 9.09. The maximum Gasteiger partial charge on any atom is 0.308 e. The predicted molar refractivity (Wildman–Crippen MR) is 68.7 cm³/mol. The van der Waals surface area contributed by atoms with Crippen molar-refractivity contribution in [2.75, 3.05) is 6.54 Å². The van der Waals surface area contributed by atoms with Crippen LogP contribution in [0.5, 0.6) is 0 Å². The van der Waals surface area contributed by atoms with Crippen LogP contribution in [0.1, 0.15) is 17.3 Å². The van der Waals surface area contributed by atoms with Gasteiger partial charge in [0.15, 0.2) is 0 Å². The summed E-state index contributed by atoms with van der Waals surface area (Å²) in [5.41, 5.74) is 1.52. The number of hydrogen-bond acceptors (Lipinski definition) is 4. The van der Waals surface area contributed by atoms with Crippen molar-refractivity contribution < 1.29 is 14.7 Å². The van der Waals surface area contributed by atoms with Crippen molar-refractivity contribution >= 4 is 22.9 Å². The number of carboxylic acids is 1. The van der Waals surface area contributed by atoms with Gasteiger partial charge in [0.2, 0.25) is 0 Å². The van der Waals surface area contributed by atoms with Crippen molar-refractivity contribution in [3.63, 3.8) is 0 Å². The summed E-state index contributed by atoms with van der Waals surface area (Å²) in [6.45, 7) is 1.61. The zero-order chi connectivity index (χ0) is 13.8. The number of fused-ring (bicyclic) bond motifs is 1. The molecule has 2 aromatic rings. The van der Waals surface area contributed by atoms with Crippen LogP contribution in [0, 0.1) is 5.92 Å². The topological polar surface area (TPSA) is 92.2 Å². The molecule has 0 aliphatic rings. The quantitative estimate of drug-likeness (QED) is 0.857. The Labute approximate surface area is 109 Å². The number of benzene rings is 1. The van der Waals surface area contributed by atoms with Gasteiger partial charge in [0.25, 0.3) is 5.91 Å². The summed E-state index contributed by atoms with van der Waals surface area (Å²) in [5.74, 6) is -1.93. The number of rotatable bonds is 4. The molecule has 0 radical (unpaired) electrons. The van der Waals surface area contributed by atoms with Crippen LogP contribution in [0.2, 0.25) is 0 Å². The smallest absolute Gasteiger partial charge is 0.308 e. The number of carbonyl (C=O) groups excluding carboxylic acids is 1. The third-order valence-electron chi connectivity index (χ3n) is 2.73. The van der Waals surface area contributed by atoms with Crippen molar-refractivity contribution in [3.8, 4) is 0 Å². The molecule has 2 rings (SSSR count). The lowest BCUT2D eigenvalue weighted by atomic mass is 10.1. The molecule has 0 aliphatic carbocycles. The number of aromatic nitrogens is 2. The van der Waals surface area contributed by atoms with E-state index in [1.54, 1.807) is 24.4 Å². The third-order valence-corrected chi connectivity index (χ3v) is 2.73. The summed E-state index contributed by atoms with van der Waals surface area (Å²) in [6, 6.07) is 5.11. The highest BCUT2D eigenvalue weighted by atomic mass is 16.4. The van der Waals surface area contributed by atoms with E-state index in [0.29, 0.717) is 16.6 Å². The molecule has 6 heteroatoms. The van der Waals surface area contributed by atoms with E-state index in [1.807, 2.05) is 0 Å². The first-order valence-corrected chi connectivity index (χ1v) is 5.80. The van der Waals surface area contributed by atoms with E-state index in [9.17, 15) is 9.59 Å². The number of nitrogens with one attached hydrogen (secondary N) is 1. The average Bonchev–Trinajstić information content (AvgIpc) is 2.43. The fraction of sp³-hybridized carbons (Fsp3) is 0.231. The molecule has 1 amide bonds. The predicted octanol–water partition coefficient (Wildman–Crippen LogP) is 1.08. The Morgan fingerprint density at radius 2 is 2.05 bits per heavy atom. The molecule has 0 saturated heterocycles. The lowest BCUT2D eigenvalue weighted by Gasteiger charge is -2.09. The van der Waals surface area contributed by atoms with E-state index in [0.717, 1.165) is 0 Å². The molecule has 2 N–H and O–H groups in total. The lowest BCUT2D eigenvalue weighted by Crippen LogP contribution is -2.31. The molecule has 1 aromatic heterocycles. The second-order valence-electron chi connectivity index (χ2n) is 4.18. The molecule has 0 aliphatic heterocycles. The van der Waals surface area contributed by atoms with E-state index in [2.05, 4.69) is 15.3 Å². The third kappa shape index (κ3) is 2.85. The number of hydrogen-bond donors (Lipinski definition) is 2. The van der Waals surface area contributed by atoms with Crippen molar-refractivity contribution in [2.45, 2.75) is 6.92 Å². The summed E-state index contributed by atoms with van der Waals surface area (Å²) in [4.78, 5) is 30.9.